The Bertz CT molecular complexity index is 1500. The summed E-state index contributed by atoms with van der Waals surface area (Å²) in [6.45, 7) is 0. The first kappa shape index (κ1) is 22.9. The van der Waals surface area contributed by atoms with Crippen LogP contribution < -0.4 is 14.2 Å². The summed E-state index contributed by atoms with van der Waals surface area (Å²) in [4.78, 5) is 18.3. The topological polar surface area (TPSA) is 57.7 Å². The third-order valence-electron chi connectivity index (χ3n) is 5.81. The Hall–Kier alpha value is -3.86. The molecule has 35 heavy (non-hydrogen) atoms. The van der Waals surface area contributed by atoms with Crippen molar-refractivity contribution in [2.24, 2.45) is 0 Å². The molecule has 0 bridgehead atoms. The van der Waals surface area contributed by atoms with Gasteiger partial charge in [-0.1, -0.05) is 0 Å². The summed E-state index contributed by atoms with van der Waals surface area (Å²) in [5.74, 6) is 1.60. The van der Waals surface area contributed by atoms with Crippen molar-refractivity contribution >= 4 is 31.1 Å². The van der Waals surface area contributed by atoms with Gasteiger partial charge in [0.05, 0.1) is 0 Å². The minimum absolute atomic E-state index is 0.0497. The van der Waals surface area contributed by atoms with Crippen LogP contribution in [0.1, 0.15) is 14.9 Å². The van der Waals surface area contributed by atoms with Crippen molar-refractivity contribution in [3.63, 3.8) is 0 Å². The molecule has 5 aromatic rings. The molecule has 0 saturated carbocycles. The molecule has 1 aromatic heterocycles. The monoisotopic (exact) mass is 529 g/mol. The molecule has 6 heteroatoms. The third kappa shape index (κ3) is 4.34. The van der Waals surface area contributed by atoms with Gasteiger partial charge in [0.15, 0.2) is 0 Å². The first-order valence-corrected chi connectivity index (χ1v) is 12.7. The van der Waals surface area contributed by atoms with Crippen LogP contribution in [0.15, 0.2) is 84.9 Å². The van der Waals surface area contributed by atoms with Gasteiger partial charge in [-0.15, -0.1) is 0 Å². The molecule has 0 amide bonds. The van der Waals surface area contributed by atoms with Crippen molar-refractivity contribution in [3.8, 4) is 38.5 Å². The summed E-state index contributed by atoms with van der Waals surface area (Å²) in [6, 6.07) is 27.6. The Morgan fingerprint density at radius 1 is 0.714 bits per heavy atom. The van der Waals surface area contributed by atoms with Crippen LogP contribution in [-0.2, 0) is 0 Å². The number of aromatic nitrogens is 1. The third-order valence-corrected chi connectivity index (χ3v) is 8.12. The van der Waals surface area contributed by atoms with Crippen LogP contribution >= 0.6 is 0 Å². The molecule has 0 aliphatic carbocycles. The van der Waals surface area contributed by atoms with Crippen LogP contribution in [-0.4, -0.2) is 46.6 Å². The Morgan fingerprint density at radius 2 is 1.37 bits per heavy atom. The van der Waals surface area contributed by atoms with Crippen molar-refractivity contribution in [2.75, 3.05) is 21.3 Å². The molecule has 174 valence electrons. The second-order valence-corrected chi connectivity index (χ2v) is 9.96. The van der Waals surface area contributed by atoms with Crippen molar-refractivity contribution < 1.29 is 19.0 Å². The predicted octanol–water partition coefficient (Wildman–Crippen LogP) is 5.88. The molecule has 0 aliphatic rings. The minimum atomic E-state index is -0.321. The molecular formula is C29H23NO4Se. The van der Waals surface area contributed by atoms with Crippen molar-refractivity contribution in [1.82, 2.24) is 4.98 Å². The zero-order valence-electron chi connectivity index (χ0n) is 19.6. The molecule has 5 rings (SSSR count). The number of methoxy groups -OCH3 is 3. The molecule has 0 radical (unpaired) electrons. The molecular weight excluding hydrogens is 505 g/mol. The summed E-state index contributed by atoms with van der Waals surface area (Å²) in [5.41, 5.74) is 3.29. The van der Waals surface area contributed by atoms with Crippen LogP contribution in [0.5, 0.6) is 17.2 Å². The molecule has 4 aromatic carbocycles. The number of benzene rings is 4. The standard InChI is InChI=1S/C29H23NO4Se/c1-32-23-16-22(17-24(33-2)27(23)34-3)28-25(21-14-13-18-9-7-8-12-20(18)15-21)30-29(35-28)26(31)19-10-5-4-6-11-19/h4-17H,1-3H3. The Morgan fingerprint density at radius 3 is 2.03 bits per heavy atom. The van der Waals surface area contributed by atoms with Gasteiger partial charge in [0.2, 0.25) is 0 Å². The molecule has 0 atom stereocenters. The Labute approximate surface area is 209 Å². The van der Waals surface area contributed by atoms with Gasteiger partial charge in [0.1, 0.15) is 0 Å². The van der Waals surface area contributed by atoms with E-state index in [0.717, 1.165) is 32.0 Å². The zero-order valence-corrected chi connectivity index (χ0v) is 21.3. The van der Waals surface area contributed by atoms with Crippen molar-refractivity contribution in [3.05, 3.63) is 95.1 Å². The Balaban J connectivity index is 1.73. The van der Waals surface area contributed by atoms with Crippen molar-refractivity contribution in [1.29, 1.82) is 0 Å². The molecule has 0 saturated heterocycles. The quantitative estimate of drug-likeness (QED) is 0.195. The maximum atomic E-state index is 13.3. The predicted molar refractivity (Wildman–Crippen MR) is 139 cm³/mol. The number of fused-ring (bicyclic) bond motifs is 1. The number of hydrogen-bond donors (Lipinski definition) is 0. The zero-order chi connectivity index (χ0) is 24.4. The van der Waals surface area contributed by atoms with E-state index in [2.05, 4.69) is 30.3 Å². The Kier molecular flexibility index (Phi) is 6.40. The second kappa shape index (κ2) is 9.79. The number of nitrogens with zero attached hydrogens (tertiary/aromatic N) is 1. The van der Waals surface area contributed by atoms with Crippen LogP contribution in [0.2, 0.25) is 0 Å². The summed E-state index contributed by atoms with van der Waals surface area (Å²) in [5, 5.41) is 2.27. The van der Waals surface area contributed by atoms with E-state index in [1.165, 1.54) is 0 Å². The fourth-order valence-electron chi connectivity index (χ4n) is 4.07. The SMILES string of the molecule is COc1cc(-c2[se]c(C(=O)c3ccccc3)nc2-c2ccc3ccccc3c2)cc(OC)c1OC. The summed E-state index contributed by atoms with van der Waals surface area (Å²) < 4.78 is 18.3. The molecule has 5 nitrogen and oxygen atoms in total. The first-order valence-electron chi connectivity index (χ1n) is 11.0. The van der Waals surface area contributed by atoms with E-state index in [1.54, 1.807) is 21.3 Å². The van der Waals surface area contributed by atoms with Gasteiger partial charge in [-0.2, -0.15) is 0 Å². The molecule has 0 unspecified atom stereocenters. The van der Waals surface area contributed by atoms with Gasteiger partial charge in [0.25, 0.3) is 0 Å². The molecule has 0 aliphatic heterocycles. The number of ether oxygens (including phenoxy) is 3. The van der Waals surface area contributed by atoms with Crippen LogP contribution in [0.3, 0.4) is 0 Å². The van der Waals surface area contributed by atoms with E-state index in [9.17, 15) is 4.79 Å². The molecule has 1 heterocycles. The molecule has 0 spiro atoms. The van der Waals surface area contributed by atoms with E-state index in [4.69, 9.17) is 19.2 Å². The van der Waals surface area contributed by atoms with Gasteiger partial charge < -0.3 is 0 Å². The van der Waals surface area contributed by atoms with Crippen molar-refractivity contribution in [2.45, 2.75) is 0 Å². The van der Waals surface area contributed by atoms with Crippen LogP contribution in [0.25, 0.3) is 32.0 Å². The molecule has 0 fully saturated rings. The van der Waals surface area contributed by atoms with Crippen LogP contribution in [0, 0.1) is 0 Å². The first-order chi connectivity index (χ1) is 17.1. The van der Waals surface area contributed by atoms with E-state index in [-0.39, 0.29) is 20.3 Å². The van der Waals surface area contributed by atoms with Gasteiger partial charge in [-0.05, 0) is 0 Å². The number of hydrogen-bond acceptors (Lipinski definition) is 5. The van der Waals surface area contributed by atoms with Gasteiger partial charge >= 0.3 is 210 Å². The average Bonchev–Trinajstić information content (AvgIpc) is 3.37. The summed E-state index contributed by atoms with van der Waals surface area (Å²) >= 11 is -0.321. The van der Waals surface area contributed by atoms with Crippen LogP contribution in [0.4, 0.5) is 0 Å². The van der Waals surface area contributed by atoms with E-state index >= 15 is 0 Å². The van der Waals surface area contributed by atoms with E-state index in [1.807, 2.05) is 54.6 Å². The van der Waals surface area contributed by atoms with E-state index < -0.39 is 0 Å². The van der Waals surface area contributed by atoms with E-state index in [0.29, 0.717) is 27.4 Å². The normalized spacial score (nSPS) is 10.8. The number of rotatable bonds is 7. The maximum absolute atomic E-state index is 13.3. The fraction of sp³-hybridized carbons (Fsp3) is 0.103. The number of ketones is 1. The summed E-state index contributed by atoms with van der Waals surface area (Å²) in [7, 11) is 4.78. The average molecular weight is 528 g/mol. The van der Waals surface area contributed by atoms with Gasteiger partial charge in [-0.3, -0.25) is 0 Å². The molecule has 0 N–H and O–H groups in total. The van der Waals surface area contributed by atoms with Gasteiger partial charge in [0, 0.05) is 0 Å². The fourth-order valence-corrected chi connectivity index (χ4v) is 6.25. The van der Waals surface area contributed by atoms with Gasteiger partial charge in [-0.25, -0.2) is 0 Å². The number of carbonyl (C=O) groups excluding carboxylic acids is 1. The number of carbonyl (C=O) groups is 1. The summed E-state index contributed by atoms with van der Waals surface area (Å²) in [6.07, 6.45) is 0. The second-order valence-electron chi connectivity index (χ2n) is 7.87.